The van der Waals surface area contributed by atoms with Crippen LogP contribution >= 0.6 is 0 Å². The Morgan fingerprint density at radius 1 is 0.566 bits per heavy atom. The highest BCUT2D eigenvalue weighted by atomic mass is 16.5. The van der Waals surface area contributed by atoms with Crippen molar-refractivity contribution >= 4 is 33.9 Å². The molecular weight excluding hydrogens is 647 g/mol. The standard InChI is InChI=1S/C50H41NO2/c1-52-40-29-25-36(26-30-40)50(35-23-27-39(28-24-35)51(37-15-5-2-6-16-37)38-17-7-3-8-18-38)34-31-44-47-46(41-19-9-10-20-42(41)48(44)53-50)43-21-11-12-22-45(43)49(47)32-13-4-14-33-49/h2-3,5-12,15-31,34H,4,13-14,32-33H2,1H3. The normalized spacial score (nSPS) is 17.8. The van der Waals surface area contributed by atoms with Crippen molar-refractivity contribution in [2.75, 3.05) is 12.0 Å². The quantitative estimate of drug-likeness (QED) is 0.174. The second kappa shape index (κ2) is 12.6. The third-order valence-electron chi connectivity index (χ3n) is 12.0. The summed E-state index contributed by atoms with van der Waals surface area (Å²) in [5.74, 6) is 1.79. The van der Waals surface area contributed by atoms with Gasteiger partial charge >= 0.3 is 0 Å². The predicted octanol–water partition coefficient (Wildman–Crippen LogP) is 12.9. The molecule has 3 nitrogen and oxygen atoms in total. The molecule has 3 heteroatoms. The summed E-state index contributed by atoms with van der Waals surface area (Å²) in [5.41, 5.74) is 11.5. The molecule has 0 radical (unpaired) electrons. The van der Waals surface area contributed by atoms with Crippen molar-refractivity contribution in [2.24, 2.45) is 0 Å². The van der Waals surface area contributed by atoms with Crippen LogP contribution in [0.1, 0.15) is 59.9 Å². The largest absolute Gasteiger partial charge is 0.497 e. The summed E-state index contributed by atoms with van der Waals surface area (Å²) in [6.45, 7) is 0. The molecule has 1 saturated carbocycles. The molecule has 1 spiro atoms. The maximum atomic E-state index is 7.66. The van der Waals surface area contributed by atoms with Crippen LogP contribution in [0.25, 0.3) is 28.0 Å². The van der Waals surface area contributed by atoms with E-state index in [1.54, 1.807) is 7.11 Å². The van der Waals surface area contributed by atoms with E-state index in [1.165, 1.54) is 65.3 Å². The fraction of sp³-hybridized carbons (Fsp3) is 0.160. The highest BCUT2D eigenvalue weighted by Crippen LogP contribution is 2.62. The van der Waals surface area contributed by atoms with Gasteiger partial charge in [-0.15, -0.1) is 0 Å². The molecule has 7 aromatic rings. The molecule has 0 aromatic heterocycles. The zero-order chi connectivity index (χ0) is 35.4. The molecule has 10 rings (SSSR count). The van der Waals surface area contributed by atoms with Gasteiger partial charge in [0.25, 0.3) is 0 Å². The molecule has 0 N–H and O–H groups in total. The van der Waals surface area contributed by atoms with Crippen molar-refractivity contribution < 1.29 is 9.47 Å². The number of para-hydroxylation sites is 2. The Balaban J connectivity index is 1.18. The lowest BCUT2D eigenvalue weighted by Crippen LogP contribution is -2.35. The van der Waals surface area contributed by atoms with Gasteiger partial charge in [-0.05, 0) is 95.1 Å². The number of anilines is 3. The number of methoxy groups -OCH3 is 1. The van der Waals surface area contributed by atoms with Crippen molar-refractivity contribution in [3.63, 3.8) is 0 Å². The summed E-state index contributed by atoms with van der Waals surface area (Å²) in [5, 5.41) is 2.42. The van der Waals surface area contributed by atoms with Crippen LogP contribution in [0.15, 0.2) is 164 Å². The minimum atomic E-state index is -0.871. The van der Waals surface area contributed by atoms with E-state index in [0.717, 1.165) is 45.1 Å². The third kappa shape index (κ3) is 4.87. The van der Waals surface area contributed by atoms with Crippen LogP contribution in [0.5, 0.6) is 11.5 Å². The minimum absolute atomic E-state index is 0.00785. The average molecular weight is 688 g/mol. The van der Waals surface area contributed by atoms with Gasteiger partial charge < -0.3 is 14.4 Å². The fourth-order valence-electron chi connectivity index (χ4n) is 9.57. The second-order valence-corrected chi connectivity index (χ2v) is 14.7. The predicted molar refractivity (Wildman–Crippen MR) is 218 cm³/mol. The number of ether oxygens (including phenoxy) is 2. The molecule has 53 heavy (non-hydrogen) atoms. The van der Waals surface area contributed by atoms with Gasteiger partial charge in [0, 0.05) is 44.6 Å². The summed E-state index contributed by atoms with van der Waals surface area (Å²) >= 11 is 0. The monoisotopic (exact) mass is 687 g/mol. The first-order chi connectivity index (χ1) is 26.2. The molecule has 2 aliphatic carbocycles. The Kier molecular flexibility index (Phi) is 7.50. The first kappa shape index (κ1) is 31.7. The number of benzene rings is 7. The maximum Gasteiger partial charge on any atom is 0.178 e. The molecule has 7 aromatic carbocycles. The van der Waals surface area contributed by atoms with Crippen molar-refractivity contribution in [1.29, 1.82) is 0 Å². The summed E-state index contributed by atoms with van der Waals surface area (Å²) < 4.78 is 13.3. The lowest BCUT2D eigenvalue weighted by molar-refractivity contribution is 0.163. The van der Waals surface area contributed by atoms with Gasteiger partial charge in [-0.1, -0.05) is 135 Å². The first-order valence-electron chi connectivity index (χ1n) is 18.9. The summed E-state index contributed by atoms with van der Waals surface area (Å²) in [6, 6.07) is 56.5. The van der Waals surface area contributed by atoms with Crippen molar-refractivity contribution in [2.45, 2.75) is 43.1 Å². The van der Waals surface area contributed by atoms with Gasteiger partial charge in [-0.3, -0.25) is 0 Å². The van der Waals surface area contributed by atoms with Gasteiger partial charge in [-0.25, -0.2) is 0 Å². The minimum Gasteiger partial charge on any atom is -0.497 e. The maximum absolute atomic E-state index is 7.66. The van der Waals surface area contributed by atoms with Crippen LogP contribution in [0, 0.1) is 0 Å². The number of hydrogen-bond acceptors (Lipinski definition) is 3. The molecule has 0 saturated heterocycles. The number of hydrogen-bond donors (Lipinski definition) is 0. The van der Waals surface area contributed by atoms with Gasteiger partial charge in [0.15, 0.2) is 5.60 Å². The highest BCUT2D eigenvalue weighted by molar-refractivity contribution is 6.08. The molecule has 1 aliphatic heterocycles. The zero-order valence-corrected chi connectivity index (χ0v) is 30.0. The average Bonchev–Trinajstić information content (AvgIpc) is 3.51. The Morgan fingerprint density at radius 3 is 1.79 bits per heavy atom. The SMILES string of the molecule is COc1ccc(C2(c3ccc(N(c4ccccc4)c4ccccc4)cc3)C=Cc3c4c(c5ccccc5c3O2)-c2ccccc2C42CCCCC2)cc1. The Hall–Kier alpha value is -6.06. The number of fused-ring (bicyclic) bond motifs is 10. The van der Waals surface area contributed by atoms with E-state index in [2.05, 4.69) is 163 Å². The van der Waals surface area contributed by atoms with Crippen LogP contribution in [0.3, 0.4) is 0 Å². The zero-order valence-electron chi connectivity index (χ0n) is 30.0. The smallest absolute Gasteiger partial charge is 0.178 e. The van der Waals surface area contributed by atoms with Crippen LogP contribution in [-0.2, 0) is 11.0 Å². The molecule has 258 valence electrons. The molecule has 0 amide bonds. The van der Waals surface area contributed by atoms with E-state index in [0.29, 0.717) is 0 Å². The van der Waals surface area contributed by atoms with E-state index < -0.39 is 5.60 Å². The Labute approximate surface area is 311 Å². The summed E-state index contributed by atoms with van der Waals surface area (Å²) in [4.78, 5) is 2.30. The molecule has 1 fully saturated rings. The third-order valence-corrected chi connectivity index (χ3v) is 12.0. The van der Waals surface area contributed by atoms with E-state index in [4.69, 9.17) is 9.47 Å². The van der Waals surface area contributed by atoms with E-state index in [1.807, 2.05) is 12.1 Å². The summed E-state index contributed by atoms with van der Waals surface area (Å²) in [6.07, 6.45) is 10.8. The molecular formula is C50H41NO2. The van der Waals surface area contributed by atoms with Crippen LogP contribution in [-0.4, -0.2) is 7.11 Å². The van der Waals surface area contributed by atoms with Crippen LogP contribution in [0.4, 0.5) is 17.1 Å². The molecule has 1 unspecified atom stereocenters. The first-order valence-corrected chi connectivity index (χ1v) is 18.9. The Morgan fingerprint density at radius 2 is 1.13 bits per heavy atom. The van der Waals surface area contributed by atoms with Gasteiger partial charge in [0.1, 0.15) is 11.5 Å². The van der Waals surface area contributed by atoms with E-state index in [-0.39, 0.29) is 5.41 Å². The van der Waals surface area contributed by atoms with Crippen LogP contribution in [0.2, 0.25) is 0 Å². The molecule has 0 bridgehead atoms. The van der Waals surface area contributed by atoms with Crippen molar-refractivity contribution in [3.8, 4) is 22.6 Å². The second-order valence-electron chi connectivity index (χ2n) is 14.7. The van der Waals surface area contributed by atoms with Crippen LogP contribution < -0.4 is 14.4 Å². The topological polar surface area (TPSA) is 21.7 Å². The van der Waals surface area contributed by atoms with E-state index >= 15 is 0 Å². The van der Waals surface area contributed by atoms with Crippen molar-refractivity contribution in [3.05, 3.63) is 192 Å². The van der Waals surface area contributed by atoms with Gasteiger partial charge in [0.2, 0.25) is 0 Å². The molecule has 3 aliphatic rings. The van der Waals surface area contributed by atoms with E-state index in [9.17, 15) is 0 Å². The van der Waals surface area contributed by atoms with Gasteiger partial charge in [-0.2, -0.15) is 0 Å². The fourth-order valence-corrected chi connectivity index (χ4v) is 9.57. The molecule has 1 heterocycles. The van der Waals surface area contributed by atoms with Crippen molar-refractivity contribution in [1.82, 2.24) is 0 Å². The lowest BCUT2D eigenvalue weighted by atomic mass is 9.66. The highest BCUT2D eigenvalue weighted by Gasteiger charge is 2.48. The summed E-state index contributed by atoms with van der Waals surface area (Å²) in [7, 11) is 1.72. The van der Waals surface area contributed by atoms with Gasteiger partial charge in [0.05, 0.1) is 7.11 Å². The lowest BCUT2D eigenvalue weighted by Gasteiger charge is -2.41. The molecule has 1 atom stereocenters. The Bertz CT molecular complexity index is 2440. The number of rotatable bonds is 6. The number of nitrogens with zero attached hydrogens (tertiary/aromatic N) is 1.